The number of carboxylic acids is 1. The summed E-state index contributed by atoms with van der Waals surface area (Å²) in [7, 11) is 3.35. The first-order valence-electron chi connectivity index (χ1n) is 12.7. The lowest BCUT2D eigenvalue weighted by Crippen LogP contribution is -2.53. The predicted octanol–water partition coefficient (Wildman–Crippen LogP) is 5.09. The maximum Gasteiger partial charge on any atom is 0.392 e. The summed E-state index contributed by atoms with van der Waals surface area (Å²) in [5.41, 5.74) is 0. The van der Waals surface area contributed by atoms with Gasteiger partial charge in [-0.15, -0.1) is 0 Å². The van der Waals surface area contributed by atoms with E-state index in [2.05, 4.69) is 19.2 Å². The predicted molar refractivity (Wildman–Crippen MR) is 128 cm³/mol. The molecule has 6 nitrogen and oxygen atoms in total. The standard InChI is InChI=1S/C25H50N2O4/c1-22(2)18-15-13-11-9-7-5-6-8-10-12-14-16-19-23(28)26-20-17-21-27(3,4)24(29)25(30)31/h22,24,29H,5-21H2,1-4H3,(H-,26,28,30,31)/p+1. The molecular formula is C25H51N2O4+. The second-order valence-electron chi connectivity index (χ2n) is 10.1. The van der Waals surface area contributed by atoms with Crippen LogP contribution in [0.1, 0.15) is 110 Å². The number of aliphatic carboxylic acids is 1. The lowest BCUT2D eigenvalue weighted by molar-refractivity contribution is -0.927. The summed E-state index contributed by atoms with van der Waals surface area (Å²) in [4.78, 5) is 22.8. The number of nitrogens with one attached hydrogen (secondary N) is 1. The van der Waals surface area contributed by atoms with Gasteiger partial charge in [-0.25, -0.2) is 4.79 Å². The highest BCUT2D eigenvalue weighted by molar-refractivity contribution is 5.75. The van der Waals surface area contributed by atoms with E-state index < -0.39 is 12.2 Å². The van der Waals surface area contributed by atoms with Crippen LogP contribution in [0, 0.1) is 5.92 Å². The maximum atomic E-state index is 11.9. The number of carbonyl (C=O) groups excluding carboxylic acids is 1. The van der Waals surface area contributed by atoms with Gasteiger partial charge in [-0.05, 0) is 12.3 Å². The lowest BCUT2D eigenvalue weighted by atomic mass is 10.0. The Hall–Kier alpha value is -1.14. The molecule has 0 heterocycles. The van der Waals surface area contributed by atoms with Crippen LogP contribution in [0.3, 0.4) is 0 Å². The van der Waals surface area contributed by atoms with Gasteiger partial charge < -0.3 is 15.5 Å². The van der Waals surface area contributed by atoms with Crippen molar-refractivity contribution in [3.8, 4) is 0 Å². The number of amides is 1. The van der Waals surface area contributed by atoms with Crippen LogP contribution in [-0.4, -0.2) is 60.0 Å². The quantitative estimate of drug-likeness (QED) is 0.131. The third-order valence-electron chi connectivity index (χ3n) is 6.05. The molecule has 6 heteroatoms. The Bertz CT molecular complexity index is 466. The van der Waals surface area contributed by atoms with Gasteiger partial charge >= 0.3 is 5.97 Å². The fourth-order valence-corrected chi connectivity index (χ4v) is 3.83. The number of nitrogens with zero attached hydrogens (tertiary/aromatic N) is 1. The van der Waals surface area contributed by atoms with Gasteiger partial charge in [0.05, 0.1) is 20.6 Å². The summed E-state index contributed by atoms with van der Waals surface area (Å²) in [5, 5.41) is 21.4. The number of likely N-dealkylation sites (N-methyl/N-ethyl adjacent to an activating group) is 1. The summed E-state index contributed by atoms with van der Waals surface area (Å²) in [5.74, 6) is -0.307. The van der Waals surface area contributed by atoms with Gasteiger partial charge in [-0.2, -0.15) is 0 Å². The van der Waals surface area contributed by atoms with Crippen LogP contribution in [0.2, 0.25) is 0 Å². The molecule has 0 aliphatic rings. The minimum absolute atomic E-state index is 0.0104. The number of hydrogen-bond acceptors (Lipinski definition) is 3. The average molecular weight is 444 g/mol. The highest BCUT2D eigenvalue weighted by Gasteiger charge is 2.32. The molecule has 3 N–H and O–H groups in total. The van der Waals surface area contributed by atoms with Crippen molar-refractivity contribution in [1.82, 2.24) is 5.32 Å². The molecule has 0 saturated heterocycles. The van der Waals surface area contributed by atoms with Gasteiger partial charge in [0.25, 0.3) is 6.23 Å². The molecule has 0 aromatic carbocycles. The number of aliphatic hydroxyl groups excluding tert-OH is 1. The molecule has 0 bridgehead atoms. The Morgan fingerprint density at radius 2 is 1.23 bits per heavy atom. The van der Waals surface area contributed by atoms with Gasteiger partial charge in [0.15, 0.2) is 0 Å². The summed E-state index contributed by atoms with van der Waals surface area (Å²) in [6.45, 7) is 5.62. The number of aliphatic hydroxyl groups is 1. The highest BCUT2D eigenvalue weighted by atomic mass is 16.4. The molecule has 0 saturated carbocycles. The van der Waals surface area contributed by atoms with Crippen LogP contribution in [0.25, 0.3) is 0 Å². The molecule has 0 aliphatic carbocycles. The zero-order valence-electron chi connectivity index (χ0n) is 20.8. The van der Waals surface area contributed by atoms with E-state index in [1.54, 1.807) is 14.1 Å². The minimum atomic E-state index is -1.43. The fourth-order valence-electron chi connectivity index (χ4n) is 3.83. The fraction of sp³-hybridized carbons (Fsp3) is 0.920. The molecule has 0 aromatic heterocycles. The van der Waals surface area contributed by atoms with Crippen molar-refractivity contribution in [1.29, 1.82) is 0 Å². The monoisotopic (exact) mass is 443 g/mol. The molecule has 0 radical (unpaired) electrons. The molecular weight excluding hydrogens is 392 g/mol. The van der Waals surface area contributed by atoms with Crippen LogP contribution in [0.5, 0.6) is 0 Å². The molecule has 0 aliphatic heterocycles. The SMILES string of the molecule is CC(C)CCCCCCCCCCCCCCC(=O)NCCC[N+](C)(C)C(O)C(=O)O. The maximum absolute atomic E-state index is 11.9. The number of carbonyl (C=O) groups is 2. The van der Waals surface area contributed by atoms with Gasteiger partial charge in [0.1, 0.15) is 0 Å². The van der Waals surface area contributed by atoms with Gasteiger partial charge in [-0.1, -0.05) is 90.9 Å². The molecule has 1 atom stereocenters. The van der Waals surface area contributed by atoms with Crippen molar-refractivity contribution in [3.63, 3.8) is 0 Å². The summed E-state index contributed by atoms with van der Waals surface area (Å²) >= 11 is 0. The van der Waals surface area contributed by atoms with E-state index in [9.17, 15) is 14.7 Å². The number of quaternary nitrogens is 1. The van der Waals surface area contributed by atoms with Crippen molar-refractivity contribution < 1.29 is 24.3 Å². The number of unbranched alkanes of at least 4 members (excludes halogenated alkanes) is 11. The minimum Gasteiger partial charge on any atom is -0.475 e. The van der Waals surface area contributed by atoms with E-state index in [1.807, 2.05) is 0 Å². The first-order chi connectivity index (χ1) is 14.7. The van der Waals surface area contributed by atoms with Crippen LogP contribution >= 0.6 is 0 Å². The third kappa shape index (κ3) is 18.2. The Kier molecular flexibility index (Phi) is 17.8. The molecule has 0 rings (SSSR count). The molecule has 0 aromatic rings. The van der Waals surface area contributed by atoms with E-state index >= 15 is 0 Å². The Balaban J connectivity index is 3.41. The summed E-state index contributed by atoms with van der Waals surface area (Å²) < 4.78 is -0.0104. The van der Waals surface area contributed by atoms with E-state index in [0.717, 1.165) is 18.8 Å². The summed E-state index contributed by atoms with van der Waals surface area (Å²) in [6, 6.07) is 0. The molecule has 0 spiro atoms. The number of rotatable bonds is 21. The van der Waals surface area contributed by atoms with E-state index in [-0.39, 0.29) is 10.4 Å². The van der Waals surface area contributed by atoms with Crippen LogP contribution in [0.15, 0.2) is 0 Å². The Labute approximate surface area is 191 Å². The number of carboxylic acid groups (broad SMARTS) is 1. The van der Waals surface area contributed by atoms with E-state index in [1.165, 1.54) is 70.6 Å². The van der Waals surface area contributed by atoms with Crippen LogP contribution < -0.4 is 5.32 Å². The molecule has 184 valence electrons. The third-order valence-corrected chi connectivity index (χ3v) is 6.05. The summed E-state index contributed by atoms with van der Waals surface area (Å²) in [6.07, 6.45) is 16.7. The van der Waals surface area contributed by atoms with Crippen molar-refractivity contribution in [3.05, 3.63) is 0 Å². The smallest absolute Gasteiger partial charge is 0.392 e. The van der Waals surface area contributed by atoms with Crippen molar-refractivity contribution >= 4 is 11.9 Å². The lowest BCUT2D eigenvalue weighted by Gasteiger charge is -2.31. The van der Waals surface area contributed by atoms with E-state index in [0.29, 0.717) is 25.9 Å². The second kappa shape index (κ2) is 18.4. The molecule has 31 heavy (non-hydrogen) atoms. The van der Waals surface area contributed by atoms with Gasteiger partial charge in [0.2, 0.25) is 5.91 Å². The zero-order chi connectivity index (χ0) is 23.5. The molecule has 0 fully saturated rings. The Morgan fingerprint density at radius 3 is 1.68 bits per heavy atom. The topological polar surface area (TPSA) is 86.6 Å². The first-order valence-corrected chi connectivity index (χ1v) is 12.7. The van der Waals surface area contributed by atoms with Crippen molar-refractivity contribution in [2.45, 2.75) is 116 Å². The second-order valence-corrected chi connectivity index (χ2v) is 10.1. The number of hydrogen-bond donors (Lipinski definition) is 3. The normalized spacial score (nSPS) is 12.8. The average Bonchev–Trinajstić information content (AvgIpc) is 2.70. The largest absolute Gasteiger partial charge is 0.475 e. The molecule has 1 unspecified atom stereocenters. The Morgan fingerprint density at radius 1 is 0.774 bits per heavy atom. The van der Waals surface area contributed by atoms with Gasteiger partial charge in [0, 0.05) is 19.4 Å². The first kappa shape index (κ1) is 29.9. The van der Waals surface area contributed by atoms with Crippen molar-refractivity contribution in [2.24, 2.45) is 5.92 Å². The van der Waals surface area contributed by atoms with Crippen molar-refractivity contribution in [2.75, 3.05) is 27.2 Å². The van der Waals surface area contributed by atoms with E-state index in [4.69, 9.17) is 5.11 Å². The van der Waals surface area contributed by atoms with Crippen LogP contribution in [-0.2, 0) is 9.59 Å². The molecule has 1 amide bonds. The van der Waals surface area contributed by atoms with Crippen LogP contribution in [0.4, 0.5) is 0 Å². The zero-order valence-corrected chi connectivity index (χ0v) is 20.8. The van der Waals surface area contributed by atoms with Gasteiger partial charge in [-0.3, -0.25) is 9.28 Å². The highest BCUT2D eigenvalue weighted by Crippen LogP contribution is 2.14.